The van der Waals surface area contributed by atoms with E-state index in [9.17, 15) is 22.0 Å². The second kappa shape index (κ2) is 5.33. The highest BCUT2D eigenvalue weighted by Gasteiger charge is 2.31. The lowest BCUT2D eigenvalue weighted by Crippen LogP contribution is -2.07. The zero-order valence-corrected chi connectivity index (χ0v) is 12.0. The first kappa shape index (κ1) is 16.0. The van der Waals surface area contributed by atoms with Gasteiger partial charge in [0.2, 0.25) is 0 Å². The predicted molar refractivity (Wildman–Crippen MR) is 80.5 cm³/mol. The van der Waals surface area contributed by atoms with Gasteiger partial charge in [0, 0.05) is 23.0 Å². The van der Waals surface area contributed by atoms with Crippen molar-refractivity contribution in [2.75, 3.05) is 0 Å². The maximum atomic E-state index is 14.0. The fraction of sp³-hybridized carbons (Fsp3) is 0.0625. The van der Waals surface area contributed by atoms with Crippen LogP contribution in [0, 0.1) is 11.6 Å². The SMILES string of the molecule is NC=C(N)c1nc2c(F)cc(F)cc2c2cc(C(F)(F)F)ccc12. The molecule has 1 heterocycles. The number of hydrogen-bond acceptors (Lipinski definition) is 3. The van der Waals surface area contributed by atoms with Gasteiger partial charge in [-0.15, -0.1) is 0 Å². The van der Waals surface area contributed by atoms with Gasteiger partial charge in [0.1, 0.15) is 11.3 Å². The Bertz CT molecular complexity index is 993. The van der Waals surface area contributed by atoms with Crippen LogP contribution in [0.2, 0.25) is 0 Å². The molecule has 3 aromatic rings. The number of hydrogen-bond donors (Lipinski definition) is 2. The van der Waals surface area contributed by atoms with Gasteiger partial charge in [-0.2, -0.15) is 13.2 Å². The minimum absolute atomic E-state index is 0.0203. The number of aromatic nitrogens is 1. The Labute approximate surface area is 132 Å². The maximum absolute atomic E-state index is 14.0. The highest BCUT2D eigenvalue weighted by Crippen LogP contribution is 2.36. The standard InChI is InChI=1S/C16H10F5N3/c17-8-4-11-10-3-7(16(19,20)21)1-2-9(10)15(13(23)6-22)24-14(11)12(18)5-8/h1-6H,22-23H2. The fourth-order valence-electron chi connectivity index (χ4n) is 2.51. The van der Waals surface area contributed by atoms with E-state index < -0.39 is 23.4 Å². The van der Waals surface area contributed by atoms with Crippen molar-refractivity contribution in [3.8, 4) is 0 Å². The summed E-state index contributed by atoms with van der Waals surface area (Å²) in [6, 6.07) is 4.34. The van der Waals surface area contributed by atoms with Crippen LogP contribution in [-0.4, -0.2) is 4.98 Å². The highest BCUT2D eigenvalue weighted by atomic mass is 19.4. The molecule has 4 N–H and O–H groups in total. The van der Waals surface area contributed by atoms with Crippen LogP contribution >= 0.6 is 0 Å². The molecule has 1 aromatic heterocycles. The van der Waals surface area contributed by atoms with Crippen molar-refractivity contribution < 1.29 is 22.0 Å². The molecule has 0 aliphatic heterocycles. The van der Waals surface area contributed by atoms with Crippen molar-refractivity contribution in [1.82, 2.24) is 4.98 Å². The second-order valence-corrected chi connectivity index (χ2v) is 5.12. The normalized spacial score (nSPS) is 13.0. The Morgan fingerprint density at radius 2 is 1.71 bits per heavy atom. The third-order valence-corrected chi connectivity index (χ3v) is 3.60. The number of nitrogens with two attached hydrogens (primary N) is 2. The van der Waals surface area contributed by atoms with Crippen molar-refractivity contribution in [3.05, 3.63) is 59.4 Å². The second-order valence-electron chi connectivity index (χ2n) is 5.12. The third-order valence-electron chi connectivity index (χ3n) is 3.60. The third kappa shape index (κ3) is 2.49. The van der Waals surface area contributed by atoms with Gasteiger partial charge < -0.3 is 11.5 Å². The number of rotatable bonds is 1. The molecule has 0 unspecified atom stereocenters. The topological polar surface area (TPSA) is 64.9 Å². The summed E-state index contributed by atoms with van der Waals surface area (Å²) in [7, 11) is 0. The van der Waals surface area contributed by atoms with E-state index in [2.05, 4.69) is 4.98 Å². The molecule has 2 aromatic carbocycles. The molecular weight excluding hydrogens is 329 g/mol. The molecule has 0 aliphatic carbocycles. The number of pyridine rings is 1. The Hall–Kier alpha value is -2.90. The van der Waals surface area contributed by atoms with E-state index in [1.54, 1.807) is 0 Å². The Balaban J connectivity index is 2.55. The molecule has 24 heavy (non-hydrogen) atoms. The summed E-state index contributed by atoms with van der Waals surface area (Å²) in [5.41, 5.74) is 9.80. The molecule has 8 heteroatoms. The van der Waals surface area contributed by atoms with E-state index in [1.165, 1.54) is 0 Å². The van der Waals surface area contributed by atoms with Gasteiger partial charge in [0.25, 0.3) is 0 Å². The monoisotopic (exact) mass is 339 g/mol. The van der Waals surface area contributed by atoms with Crippen LogP contribution in [0.1, 0.15) is 11.3 Å². The van der Waals surface area contributed by atoms with Crippen molar-refractivity contribution in [1.29, 1.82) is 0 Å². The van der Waals surface area contributed by atoms with Crippen LogP contribution in [0.5, 0.6) is 0 Å². The quantitative estimate of drug-likeness (QED) is 0.522. The summed E-state index contributed by atoms with van der Waals surface area (Å²) >= 11 is 0. The van der Waals surface area contributed by atoms with Crippen LogP contribution in [0.4, 0.5) is 22.0 Å². The van der Waals surface area contributed by atoms with Crippen LogP contribution in [0.15, 0.2) is 36.5 Å². The van der Waals surface area contributed by atoms with Gasteiger partial charge in [-0.3, -0.25) is 0 Å². The van der Waals surface area contributed by atoms with E-state index in [0.717, 1.165) is 30.5 Å². The average molecular weight is 339 g/mol. The molecule has 0 atom stereocenters. The van der Waals surface area contributed by atoms with Crippen LogP contribution in [-0.2, 0) is 6.18 Å². The van der Waals surface area contributed by atoms with Gasteiger partial charge >= 0.3 is 6.18 Å². The summed E-state index contributed by atoms with van der Waals surface area (Å²) in [4.78, 5) is 4.01. The molecule has 0 amide bonds. The molecule has 0 saturated heterocycles. The smallest absolute Gasteiger partial charge is 0.403 e. The minimum atomic E-state index is -4.61. The van der Waals surface area contributed by atoms with Gasteiger partial charge in [0.05, 0.1) is 17.0 Å². The van der Waals surface area contributed by atoms with Crippen molar-refractivity contribution in [2.24, 2.45) is 11.5 Å². The molecule has 0 bridgehead atoms. The maximum Gasteiger partial charge on any atom is 0.416 e. The number of fused-ring (bicyclic) bond motifs is 3. The Morgan fingerprint density at radius 3 is 2.33 bits per heavy atom. The summed E-state index contributed by atoms with van der Waals surface area (Å²) in [5.74, 6) is -1.93. The summed E-state index contributed by atoms with van der Waals surface area (Å²) in [6.07, 6.45) is -3.60. The van der Waals surface area contributed by atoms with Crippen molar-refractivity contribution >= 4 is 27.4 Å². The molecule has 0 fully saturated rings. The number of benzene rings is 2. The van der Waals surface area contributed by atoms with E-state index in [0.29, 0.717) is 6.07 Å². The summed E-state index contributed by atoms with van der Waals surface area (Å²) in [6.45, 7) is 0. The summed E-state index contributed by atoms with van der Waals surface area (Å²) in [5, 5.41) is 0.106. The molecule has 3 rings (SSSR count). The van der Waals surface area contributed by atoms with Crippen LogP contribution in [0.25, 0.3) is 27.4 Å². The largest absolute Gasteiger partial charge is 0.416 e. The minimum Gasteiger partial charge on any atom is -0.403 e. The molecule has 124 valence electrons. The summed E-state index contributed by atoms with van der Waals surface area (Å²) < 4.78 is 66.5. The van der Waals surface area contributed by atoms with Gasteiger partial charge in [-0.05, 0) is 23.6 Å². The molecule has 0 radical (unpaired) electrons. The molecule has 0 saturated carbocycles. The van der Waals surface area contributed by atoms with Crippen molar-refractivity contribution in [3.63, 3.8) is 0 Å². The first-order valence-electron chi connectivity index (χ1n) is 6.70. The molecule has 0 spiro atoms. The average Bonchev–Trinajstić information content (AvgIpc) is 2.52. The predicted octanol–water partition coefficient (Wildman–Crippen LogP) is 3.90. The van der Waals surface area contributed by atoms with Gasteiger partial charge in [-0.1, -0.05) is 6.07 Å². The van der Waals surface area contributed by atoms with E-state index in [-0.39, 0.29) is 33.1 Å². The lowest BCUT2D eigenvalue weighted by molar-refractivity contribution is -0.137. The fourth-order valence-corrected chi connectivity index (χ4v) is 2.51. The van der Waals surface area contributed by atoms with Gasteiger partial charge in [0.15, 0.2) is 5.82 Å². The number of alkyl halides is 3. The first-order chi connectivity index (χ1) is 11.2. The zero-order valence-electron chi connectivity index (χ0n) is 12.0. The molecule has 0 aliphatic rings. The Morgan fingerprint density at radius 1 is 1.00 bits per heavy atom. The van der Waals surface area contributed by atoms with Crippen LogP contribution in [0.3, 0.4) is 0 Å². The van der Waals surface area contributed by atoms with E-state index in [1.807, 2.05) is 0 Å². The lowest BCUT2D eigenvalue weighted by Gasteiger charge is -2.13. The van der Waals surface area contributed by atoms with E-state index in [4.69, 9.17) is 11.5 Å². The molecular formula is C16H10F5N3. The first-order valence-corrected chi connectivity index (χ1v) is 6.70. The Kier molecular flexibility index (Phi) is 3.55. The van der Waals surface area contributed by atoms with Crippen molar-refractivity contribution in [2.45, 2.75) is 6.18 Å². The lowest BCUT2D eigenvalue weighted by atomic mass is 10.00. The zero-order chi connectivity index (χ0) is 17.6. The highest BCUT2D eigenvalue weighted by molar-refractivity contribution is 6.09. The van der Waals surface area contributed by atoms with E-state index >= 15 is 0 Å². The number of nitrogens with zero attached hydrogens (tertiary/aromatic N) is 1. The van der Waals surface area contributed by atoms with Gasteiger partial charge in [-0.25, -0.2) is 13.8 Å². The molecule has 3 nitrogen and oxygen atoms in total. The van der Waals surface area contributed by atoms with Crippen LogP contribution < -0.4 is 11.5 Å². The number of halogens is 5.